The lowest BCUT2D eigenvalue weighted by atomic mass is 9.99. The summed E-state index contributed by atoms with van der Waals surface area (Å²) in [5.74, 6) is 0. The number of hydrogen-bond donors (Lipinski definition) is 0. The minimum atomic E-state index is -3.77. The summed E-state index contributed by atoms with van der Waals surface area (Å²) in [6.07, 6.45) is 12.4. The van der Waals surface area contributed by atoms with Crippen LogP contribution in [0.2, 0.25) is 0 Å². The Labute approximate surface area is 490 Å². The highest BCUT2D eigenvalue weighted by Gasteiger charge is 2.18. The second-order valence-electron chi connectivity index (χ2n) is 20.4. The van der Waals surface area contributed by atoms with Crippen molar-refractivity contribution in [1.29, 1.82) is 0 Å². The fraction of sp³-hybridized carbons (Fsp3) is 0.364. The van der Waals surface area contributed by atoms with Gasteiger partial charge in [0.2, 0.25) is 0 Å². The Bertz CT molecular complexity index is 3350. The Morgan fingerprint density at radius 3 is 0.829 bits per heavy atom. The van der Waals surface area contributed by atoms with Crippen LogP contribution in [0.25, 0.3) is 0 Å². The molecule has 0 aliphatic carbocycles. The number of benzene rings is 7. The van der Waals surface area contributed by atoms with Gasteiger partial charge >= 0.3 is 0 Å². The molecule has 82 heavy (non-hydrogen) atoms. The first kappa shape index (κ1) is 67.0. The van der Waals surface area contributed by atoms with Gasteiger partial charge in [-0.1, -0.05) is 170 Å². The van der Waals surface area contributed by atoms with Crippen LogP contribution in [0.4, 0.5) is 0 Å². The average molecular weight is 1200 g/mol. The van der Waals surface area contributed by atoms with Crippen LogP contribution in [-0.4, -0.2) is 60.1 Å². The Balaban J connectivity index is 0.000000231. The summed E-state index contributed by atoms with van der Waals surface area (Å²) < 4.78 is 118. The molecule has 0 atom stereocenters. The maximum Gasteiger partial charge on any atom is 0.296 e. The summed E-state index contributed by atoms with van der Waals surface area (Å²) in [5.41, 5.74) is 11.3. The summed E-state index contributed by atoms with van der Waals surface area (Å²) in [5, 5.41) is 0. The summed E-state index contributed by atoms with van der Waals surface area (Å²) >= 11 is 0. The van der Waals surface area contributed by atoms with Crippen molar-refractivity contribution in [3.05, 3.63) is 225 Å². The van der Waals surface area contributed by atoms with Gasteiger partial charge in [0.05, 0.1) is 46.0 Å². The van der Waals surface area contributed by atoms with E-state index in [1.54, 1.807) is 97.1 Å². The van der Waals surface area contributed by atoms with Crippen LogP contribution in [0, 0.1) is 27.7 Å². The van der Waals surface area contributed by atoms with Gasteiger partial charge in [-0.2, -0.15) is 33.7 Å². The monoisotopic (exact) mass is 1190 g/mol. The highest BCUT2D eigenvalue weighted by molar-refractivity contribution is 7.87. The Hall–Kier alpha value is -5.82. The quantitative estimate of drug-likeness (QED) is 0.0308. The van der Waals surface area contributed by atoms with Gasteiger partial charge in [0.1, 0.15) is 0 Å². The number of unbranched alkanes of at least 4 members (excludes halogenated alkanes) is 2. The SMILES string of the molecule is CCCCc1ccc(CCCOS(=O)(=O)c2ccc(C)cc2)cc1.CCCCc1cccc(CCCOS(=O)(=O)c2ccc(C)cc2)c1.Cc1ccc(S(=O)(=O)OCCCc2ccccc2CCCOS(=O)(=O)c2ccc(C)cc2)cc1. The standard InChI is InChI=1S/C26H30O6S2.2C20H26O3S/c1-21-11-15-25(16-12-21)33(27,28)31-19-5-9-23-7-3-4-8-24(23)10-6-20-32-34(29,30)26-17-13-22(2)14-18-26;1-3-4-7-18-8-5-9-19(16-18)10-6-15-23-24(21,22)20-13-11-17(2)12-14-20;1-3-4-6-18-10-12-19(13-11-18)7-5-16-23-24(21,22)20-14-8-17(2)9-15-20/h3-4,7-8,11-18H,5-6,9-10,19-20H2,1-2H3;5,8-9,11-14,16H,3-4,6-7,10,15H2,1-2H3;8-15H,3-7,16H2,1-2H3. The molecule has 0 bridgehead atoms. The van der Waals surface area contributed by atoms with Crippen molar-refractivity contribution >= 4 is 40.5 Å². The third kappa shape index (κ3) is 23.8. The third-order valence-electron chi connectivity index (χ3n) is 13.4. The molecule has 0 N–H and O–H groups in total. The van der Waals surface area contributed by atoms with E-state index in [4.69, 9.17) is 16.7 Å². The van der Waals surface area contributed by atoms with E-state index in [0.29, 0.717) is 38.5 Å². The van der Waals surface area contributed by atoms with Crippen LogP contribution < -0.4 is 0 Å². The topological polar surface area (TPSA) is 173 Å². The van der Waals surface area contributed by atoms with Gasteiger partial charge in [0, 0.05) is 0 Å². The van der Waals surface area contributed by atoms with Gasteiger partial charge in [-0.25, -0.2) is 0 Å². The highest BCUT2D eigenvalue weighted by atomic mass is 32.2. The number of aryl methyl sites for hydroxylation is 10. The lowest BCUT2D eigenvalue weighted by Crippen LogP contribution is -2.09. The molecule has 0 radical (unpaired) electrons. The molecule has 0 aromatic heterocycles. The van der Waals surface area contributed by atoms with E-state index in [1.807, 2.05) is 52.0 Å². The van der Waals surface area contributed by atoms with Crippen LogP contribution in [0.15, 0.2) is 189 Å². The van der Waals surface area contributed by atoms with E-state index in [2.05, 4.69) is 62.4 Å². The molecule has 16 heteroatoms. The summed E-state index contributed by atoms with van der Waals surface area (Å²) in [6.45, 7) is 12.6. The van der Waals surface area contributed by atoms with E-state index in [1.165, 1.54) is 47.9 Å². The summed E-state index contributed by atoms with van der Waals surface area (Å²) in [7, 11) is -14.8. The predicted octanol–water partition coefficient (Wildman–Crippen LogP) is 14.3. The molecule has 7 rings (SSSR count). The molecular formula is C66H82O12S4. The minimum absolute atomic E-state index is 0.0858. The summed E-state index contributed by atoms with van der Waals surface area (Å²) in [6, 6.07) is 51.5. The van der Waals surface area contributed by atoms with Gasteiger partial charge < -0.3 is 0 Å². The first-order valence-corrected chi connectivity index (χ1v) is 33.9. The molecule has 0 aliphatic heterocycles. The molecule has 0 unspecified atom stereocenters. The van der Waals surface area contributed by atoms with E-state index in [9.17, 15) is 33.7 Å². The molecule has 0 saturated heterocycles. The summed E-state index contributed by atoms with van der Waals surface area (Å²) in [4.78, 5) is 0.737. The van der Waals surface area contributed by atoms with E-state index < -0.39 is 40.5 Å². The van der Waals surface area contributed by atoms with Crippen LogP contribution in [0.3, 0.4) is 0 Å². The average Bonchev–Trinajstić information content (AvgIpc) is 3.46. The second-order valence-corrected chi connectivity index (χ2v) is 26.8. The molecule has 0 saturated carbocycles. The Kier molecular flexibility index (Phi) is 27.8. The maximum atomic E-state index is 12.3. The van der Waals surface area contributed by atoms with Crippen LogP contribution in [0.5, 0.6) is 0 Å². The maximum absolute atomic E-state index is 12.3. The van der Waals surface area contributed by atoms with Gasteiger partial charge in [-0.15, -0.1) is 0 Å². The fourth-order valence-electron chi connectivity index (χ4n) is 8.46. The first-order chi connectivity index (χ1) is 39.2. The van der Waals surface area contributed by atoms with Crippen molar-refractivity contribution in [3.8, 4) is 0 Å². The van der Waals surface area contributed by atoms with E-state index in [0.717, 1.165) is 59.1 Å². The normalized spacial score (nSPS) is 11.8. The van der Waals surface area contributed by atoms with Crippen molar-refractivity contribution in [3.63, 3.8) is 0 Å². The predicted molar refractivity (Wildman–Crippen MR) is 327 cm³/mol. The molecule has 7 aromatic rings. The van der Waals surface area contributed by atoms with Crippen LogP contribution in [-0.2, 0) is 95.7 Å². The molecule has 12 nitrogen and oxygen atoms in total. The van der Waals surface area contributed by atoms with Crippen molar-refractivity contribution in [2.45, 2.75) is 151 Å². The molecule has 0 heterocycles. The molecular weight excluding hydrogens is 1110 g/mol. The zero-order valence-electron chi connectivity index (χ0n) is 48.4. The third-order valence-corrected chi connectivity index (χ3v) is 18.7. The number of rotatable bonds is 30. The van der Waals surface area contributed by atoms with Crippen molar-refractivity contribution in [2.24, 2.45) is 0 Å². The first-order valence-electron chi connectivity index (χ1n) is 28.3. The van der Waals surface area contributed by atoms with Crippen LogP contribution in [0.1, 0.15) is 121 Å². The highest BCUT2D eigenvalue weighted by Crippen LogP contribution is 2.21. The van der Waals surface area contributed by atoms with Gasteiger partial charge in [0.15, 0.2) is 0 Å². The van der Waals surface area contributed by atoms with Gasteiger partial charge in [0.25, 0.3) is 40.5 Å². The molecule has 0 spiro atoms. The van der Waals surface area contributed by atoms with Crippen molar-refractivity contribution in [2.75, 3.05) is 26.4 Å². The molecule has 0 aliphatic rings. The largest absolute Gasteiger partial charge is 0.296 e. The molecule has 7 aromatic carbocycles. The fourth-order valence-corrected chi connectivity index (χ4v) is 12.2. The van der Waals surface area contributed by atoms with Crippen molar-refractivity contribution < 1.29 is 50.4 Å². The zero-order valence-corrected chi connectivity index (χ0v) is 51.7. The van der Waals surface area contributed by atoms with Gasteiger partial charge in [-0.3, -0.25) is 16.7 Å². The lowest BCUT2D eigenvalue weighted by molar-refractivity contribution is 0.309. The Morgan fingerprint density at radius 1 is 0.280 bits per heavy atom. The molecule has 0 amide bonds. The van der Waals surface area contributed by atoms with Crippen molar-refractivity contribution in [1.82, 2.24) is 0 Å². The number of hydrogen-bond acceptors (Lipinski definition) is 12. The van der Waals surface area contributed by atoms with E-state index >= 15 is 0 Å². The second kappa shape index (κ2) is 34.1. The lowest BCUT2D eigenvalue weighted by Gasteiger charge is -2.11. The van der Waals surface area contributed by atoms with Crippen LogP contribution >= 0.6 is 0 Å². The van der Waals surface area contributed by atoms with Gasteiger partial charge in [-0.05, 0) is 187 Å². The smallest absolute Gasteiger partial charge is 0.266 e. The minimum Gasteiger partial charge on any atom is -0.266 e. The molecule has 442 valence electrons. The molecule has 0 fully saturated rings. The van der Waals surface area contributed by atoms with E-state index in [-0.39, 0.29) is 46.0 Å². The zero-order chi connectivity index (χ0) is 59.4. The Morgan fingerprint density at radius 2 is 0.537 bits per heavy atom.